The molecule has 6 nitrogen and oxygen atoms in total. The Kier molecular flexibility index (Phi) is 4.90. The van der Waals surface area contributed by atoms with Gasteiger partial charge in [-0.25, -0.2) is 0 Å². The molecule has 0 radical (unpaired) electrons. The Labute approximate surface area is 156 Å². The fourth-order valence-corrected chi connectivity index (χ4v) is 2.70. The first-order valence-corrected chi connectivity index (χ1v) is 8.41. The Morgan fingerprint density at radius 1 is 1.11 bits per heavy atom. The molecule has 1 heterocycles. The fourth-order valence-electron chi connectivity index (χ4n) is 2.70. The number of aliphatic carboxylic acids is 1. The van der Waals surface area contributed by atoms with E-state index in [9.17, 15) is 14.7 Å². The van der Waals surface area contributed by atoms with Crippen LogP contribution in [0, 0.1) is 13.8 Å². The van der Waals surface area contributed by atoms with Crippen molar-refractivity contribution >= 4 is 16.9 Å². The number of fused-ring (bicyclic) bond motifs is 1. The normalized spacial score (nSPS) is 12.0. The molecule has 27 heavy (non-hydrogen) atoms. The number of aryl methyl sites for hydroxylation is 2. The highest BCUT2D eigenvalue weighted by Gasteiger charge is 2.21. The maximum absolute atomic E-state index is 13.0. The zero-order valence-corrected chi connectivity index (χ0v) is 15.5. The number of methoxy groups -OCH3 is 1. The van der Waals surface area contributed by atoms with Crippen molar-refractivity contribution in [2.75, 3.05) is 7.11 Å². The molecule has 140 valence electrons. The second kappa shape index (κ2) is 7.15. The van der Waals surface area contributed by atoms with Gasteiger partial charge in [-0.1, -0.05) is 0 Å². The van der Waals surface area contributed by atoms with Crippen LogP contribution in [0.15, 0.2) is 45.6 Å². The highest BCUT2D eigenvalue weighted by Crippen LogP contribution is 2.33. The van der Waals surface area contributed by atoms with Crippen LogP contribution in [-0.4, -0.2) is 19.2 Å². The molecule has 0 aliphatic heterocycles. The van der Waals surface area contributed by atoms with E-state index in [4.69, 9.17) is 13.9 Å². The summed E-state index contributed by atoms with van der Waals surface area (Å²) in [5, 5.41) is 11.5. The molecule has 2 aromatic carbocycles. The number of hydrogen-bond acceptors (Lipinski definition) is 6. The Morgan fingerprint density at radius 3 is 2.33 bits per heavy atom. The Bertz CT molecular complexity index is 1060. The summed E-state index contributed by atoms with van der Waals surface area (Å²) in [5.74, 6) is -0.784. The molecule has 0 unspecified atom stereocenters. The zero-order chi connectivity index (χ0) is 19.7. The van der Waals surface area contributed by atoms with Crippen LogP contribution >= 0.6 is 0 Å². The molecule has 0 saturated heterocycles. The SMILES string of the molecule is COc1ccc(-c2oc3cc(C)c(C)cc3c(=O)c2O[C@@H](C)C(=O)[O-])cc1. The average Bonchev–Trinajstić information content (AvgIpc) is 2.65. The molecule has 0 fully saturated rings. The van der Waals surface area contributed by atoms with E-state index in [1.807, 2.05) is 13.8 Å². The van der Waals surface area contributed by atoms with Crippen LogP contribution in [0.2, 0.25) is 0 Å². The van der Waals surface area contributed by atoms with Crippen LogP contribution in [-0.2, 0) is 4.79 Å². The second-order valence-electron chi connectivity index (χ2n) is 6.33. The minimum Gasteiger partial charge on any atom is -0.546 e. The Morgan fingerprint density at radius 2 is 1.74 bits per heavy atom. The highest BCUT2D eigenvalue weighted by molar-refractivity contribution is 5.83. The standard InChI is InChI=1S/C21H20O6/c1-11-9-16-17(10-12(11)2)27-19(14-5-7-15(25-4)8-6-14)20(18(16)22)26-13(3)21(23)24/h5-10,13H,1-4H3,(H,23,24)/p-1/t13-/m0/s1. The van der Waals surface area contributed by atoms with E-state index in [-0.39, 0.29) is 11.5 Å². The third kappa shape index (κ3) is 3.51. The van der Waals surface area contributed by atoms with Gasteiger partial charge in [0.1, 0.15) is 17.4 Å². The van der Waals surface area contributed by atoms with Crippen LogP contribution in [0.3, 0.4) is 0 Å². The van der Waals surface area contributed by atoms with Gasteiger partial charge in [0.2, 0.25) is 11.2 Å². The van der Waals surface area contributed by atoms with Gasteiger partial charge in [-0.05, 0) is 68.3 Å². The number of carboxylic acid groups (broad SMARTS) is 1. The van der Waals surface area contributed by atoms with E-state index < -0.39 is 17.5 Å². The number of carbonyl (C=O) groups excluding carboxylic acids is 1. The van der Waals surface area contributed by atoms with Crippen molar-refractivity contribution in [1.82, 2.24) is 0 Å². The van der Waals surface area contributed by atoms with E-state index in [1.165, 1.54) is 6.92 Å². The summed E-state index contributed by atoms with van der Waals surface area (Å²) in [4.78, 5) is 24.2. The van der Waals surface area contributed by atoms with Gasteiger partial charge in [-0.2, -0.15) is 0 Å². The number of ether oxygens (including phenoxy) is 2. The van der Waals surface area contributed by atoms with Gasteiger partial charge in [0.15, 0.2) is 5.76 Å². The molecule has 1 atom stereocenters. The minimum atomic E-state index is -1.42. The first kappa shape index (κ1) is 18.5. The monoisotopic (exact) mass is 367 g/mol. The molecule has 0 spiro atoms. The smallest absolute Gasteiger partial charge is 0.235 e. The van der Waals surface area contributed by atoms with E-state index in [1.54, 1.807) is 43.5 Å². The van der Waals surface area contributed by atoms with Crippen molar-refractivity contribution in [3.63, 3.8) is 0 Å². The van der Waals surface area contributed by atoms with Gasteiger partial charge >= 0.3 is 0 Å². The van der Waals surface area contributed by atoms with Crippen LogP contribution in [0.1, 0.15) is 18.1 Å². The number of rotatable bonds is 5. The number of carbonyl (C=O) groups is 1. The molecule has 1 aromatic heterocycles. The summed E-state index contributed by atoms with van der Waals surface area (Å²) in [5.41, 5.74) is 2.43. The van der Waals surface area contributed by atoms with Gasteiger partial charge in [-0.3, -0.25) is 4.79 Å². The lowest BCUT2D eigenvalue weighted by atomic mass is 10.0. The first-order valence-electron chi connectivity index (χ1n) is 8.41. The van der Waals surface area contributed by atoms with Crippen molar-refractivity contribution in [2.24, 2.45) is 0 Å². The molecule has 0 aliphatic carbocycles. The summed E-state index contributed by atoms with van der Waals surface area (Å²) in [6.07, 6.45) is -1.31. The second-order valence-corrected chi connectivity index (χ2v) is 6.33. The van der Waals surface area contributed by atoms with Crippen molar-refractivity contribution in [3.8, 4) is 22.8 Å². The van der Waals surface area contributed by atoms with Gasteiger partial charge in [0.05, 0.1) is 18.5 Å². The van der Waals surface area contributed by atoms with E-state index in [0.29, 0.717) is 22.3 Å². The predicted octanol–water partition coefficient (Wildman–Crippen LogP) is 2.60. The summed E-state index contributed by atoms with van der Waals surface area (Å²) in [6, 6.07) is 10.3. The molecule has 3 rings (SSSR count). The third-order valence-corrected chi connectivity index (χ3v) is 4.44. The van der Waals surface area contributed by atoms with Crippen molar-refractivity contribution in [2.45, 2.75) is 26.9 Å². The van der Waals surface area contributed by atoms with E-state index in [0.717, 1.165) is 11.1 Å². The number of hydrogen-bond donors (Lipinski definition) is 0. The van der Waals surface area contributed by atoms with Crippen molar-refractivity contribution in [3.05, 3.63) is 57.7 Å². The Hall–Kier alpha value is -3.28. The lowest BCUT2D eigenvalue weighted by Crippen LogP contribution is -2.38. The largest absolute Gasteiger partial charge is 0.546 e. The molecule has 0 bridgehead atoms. The predicted molar refractivity (Wildman–Crippen MR) is 99.0 cm³/mol. The lowest BCUT2D eigenvalue weighted by molar-refractivity contribution is -0.312. The maximum Gasteiger partial charge on any atom is 0.235 e. The molecule has 0 aliphatic rings. The molecule has 0 saturated carbocycles. The van der Waals surface area contributed by atoms with Gasteiger partial charge in [-0.15, -0.1) is 0 Å². The van der Waals surface area contributed by atoms with E-state index >= 15 is 0 Å². The average molecular weight is 367 g/mol. The Balaban J connectivity index is 2.29. The highest BCUT2D eigenvalue weighted by atomic mass is 16.5. The zero-order valence-electron chi connectivity index (χ0n) is 15.5. The quantitative estimate of drug-likeness (QED) is 0.689. The molecular weight excluding hydrogens is 348 g/mol. The number of benzene rings is 2. The van der Waals surface area contributed by atoms with Crippen LogP contribution in [0.4, 0.5) is 0 Å². The van der Waals surface area contributed by atoms with Crippen LogP contribution < -0.4 is 20.0 Å². The molecule has 3 aromatic rings. The lowest BCUT2D eigenvalue weighted by Gasteiger charge is -2.18. The third-order valence-electron chi connectivity index (χ3n) is 4.44. The number of carboxylic acids is 1. The first-order chi connectivity index (χ1) is 12.8. The van der Waals surface area contributed by atoms with E-state index in [2.05, 4.69) is 0 Å². The fraction of sp³-hybridized carbons (Fsp3) is 0.238. The van der Waals surface area contributed by atoms with Gasteiger partial charge in [0, 0.05) is 5.56 Å². The minimum absolute atomic E-state index is 0.159. The topological polar surface area (TPSA) is 88.8 Å². The van der Waals surface area contributed by atoms with Gasteiger partial charge < -0.3 is 23.8 Å². The van der Waals surface area contributed by atoms with Gasteiger partial charge in [0.25, 0.3) is 0 Å². The molecule has 0 amide bonds. The van der Waals surface area contributed by atoms with Crippen molar-refractivity contribution < 1.29 is 23.8 Å². The maximum atomic E-state index is 13.0. The molecular formula is C21H19O6-. The van der Waals surface area contributed by atoms with Crippen LogP contribution in [0.5, 0.6) is 11.5 Å². The van der Waals surface area contributed by atoms with Crippen LogP contribution in [0.25, 0.3) is 22.3 Å². The molecule has 6 heteroatoms. The summed E-state index contributed by atoms with van der Waals surface area (Å²) in [7, 11) is 1.55. The summed E-state index contributed by atoms with van der Waals surface area (Å²) >= 11 is 0. The van der Waals surface area contributed by atoms with Crippen molar-refractivity contribution in [1.29, 1.82) is 0 Å². The summed E-state index contributed by atoms with van der Waals surface area (Å²) in [6.45, 7) is 5.11. The summed E-state index contributed by atoms with van der Waals surface area (Å²) < 4.78 is 16.5. The molecule has 0 N–H and O–H groups in total.